The highest BCUT2D eigenvalue weighted by atomic mass is 32.2. The monoisotopic (exact) mass is 334 g/mol. The molecule has 120 valence electrons. The van der Waals surface area contributed by atoms with Crippen molar-refractivity contribution in [1.29, 1.82) is 0 Å². The van der Waals surface area contributed by atoms with Gasteiger partial charge >= 0.3 is 0 Å². The number of halogens is 1. The largest absolute Gasteiger partial charge is 0.322 e. The summed E-state index contributed by atoms with van der Waals surface area (Å²) in [4.78, 5) is 12.0. The van der Waals surface area contributed by atoms with Gasteiger partial charge in [-0.05, 0) is 36.8 Å². The molecule has 0 fully saturated rings. The summed E-state index contributed by atoms with van der Waals surface area (Å²) < 4.78 is 40.0. The number of fused-ring (bicyclic) bond motifs is 1. The molecule has 1 unspecified atom stereocenters. The average Bonchev–Trinajstić information content (AvgIpc) is 2.47. The van der Waals surface area contributed by atoms with E-state index in [-0.39, 0.29) is 5.75 Å². The number of amides is 1. The molecule has 0 aliphatic carbocycles. The lowest BCUT2D eigenvalue weighted by Gasteiger charge is -2.35. The number of hydrogen-bond donors (Lipinski definition) is 1. The van der Waals surface area contributed by atoms with E-state index in [4.69, 9.17) is 0 Å². The molecule has 23 heavy (non-hydrogen) atoms. The summed E-state index contributed by atoms with van der Waals surface area (Å²) in [6.07, 6.45) is 0. The quantitative estimate of drug-likeness (QED) is 0.938. The number of sulfonamides is 1. The SMILES string of the molecule is CC1C(=O)Nc2ccccc2N1S(=O)(=O)Cc1cccc(F)c1. The van der Waals surface area contributed by atoms with Gasteiger partial charge in [-0.2, -0.15) is 0 Å². The Morgan fingerprint density at radius 2 is 1.91 bits per heavy atom. The third-order valence-corrected chi connectivity index (χ3v) is 5.48. The van der Waals surface area contributed by atoms with Gasteiger partial charge in [-0.25, -0.2) is 12.8 Å². The van der Waals surface area contributed by atoms with Gasteiger partial charge in [0, 0.05) is 0 Å². The van der Waals surface area contributed by atoms with E-state index in [9.17, 15) is 17.6 Å². The van der Waals surface area contributed by atoms with E-state index in [0.29, 0.717) is 16.9 Å². The van der Waals surface area contributed by atoms with Crippen LogP contribution in [0.3, 0.4) is 0 Å². The molecule has 0 bridgehead atoms. The number of carbonyl (C=O) groups excluding carboxylic acids is 1. The van der Waals surface area contributed by atoms with Crippen LogP contribution in [0, 0.1) is 5.82 Å². The van der Waals surface area contributed by atoms with Crippen molar-refractivity contribution in [2.45, 2.75) is 18.7 Å². The van der Waals surface area contributed by atoms with Crippen molar-refractivity contribution >= 4 is 27.3 Å². The number of benzene rings is 2. The third kappa shape index (κ3) is 2.92. The summed E-state index contributed by atoms with van der Waals surface area (Å²) in [5.41, 5.74) is 1.19. The van der Waals surface area contributed by atoms with E-state index >= 15 is 0 Å². The number of nitrogens with one attached hydrogen (secondary N) is 1. The Hall–Kier alpha value is -2.41. The first kappa shape index (κ1) is 15.5. The Morgan fingerprint density at radius 3 is 2.65 bits per heavy atom. The van der Waals surface area contributed by atoms with E-state index in [1.807, 2.05) is 0 Å². The molecule has 5 nitrogen and oxygen atoms in total. The standard InChI is InChI=1S/C16H15FN2O3S/c1-11-16(20)18-14-7-2-3-8-15(14)19(11)23(21,22)10-12-5-4-6-13(17)9-12/h2-9,11H,10H2,1H3,(H,18,20). The van der Waals surface area contributed by atoms with Crippen molar-refractivity contribution in [2.75, 3.05) is 9.62 Å². The normalized spacial score (nSPS) is 17.6. The van der Waals surface area contributed by atoms with Gasteiger partial charge in [0.25, 0.3) is 0 Å². The van der Waals surface area contributed by atoms with Crippen molar-refractivity contribution in [3.8, 4) is 0 Å². The summed E-state index contributed by atoms with van der Waals surface area (Å²) in [7, 11) is -3.84. The minimum absolute atomic E-state index is 0.334. The fraction of sp³-hybridized carbons (Fsp3) is 0.188. The molecule has 1 heterocycles. The van der Waals surface area contributed by atoms with Crippen LogP contribution in [0.1, 0.15) is 12.5 Å². The minimum Gasteiger partial charge on any atom is -0.322 e. The predicted molar refractivity (Wildman–Crippen MR) is 86.0 cm³/mol. The molecule has 1 N–H and O–H groups in total. The van der Waals surface area contributed by atoms with Crippen LogP contribution in [-0.4, -0.2) is 20.4 Å². The zero-order chi connectivity index (χ0) is 16.6. The molecule has 0 radical (unpaired) electrons. The maximum Gasteiger partial charge on any atom is 0.248 e. The van der Waals surface area contributed by atoms with Crippen LogP contribution in [-0.2, 0) is 20.6 Å². The minimum atomic E-state index is -3.84. The molecule has 1 amide bonds. The lowest BCUT2D eigenvalue weighted by atomic mass is 10.1. The Bertz CT molecular complexity index is 867. The lowest BCUT2D eigenvalue weighted by molar-refractivity contribution is -0.117. The molecular formula is C16H15FN2O3S. The average molecular weight is 334 g/mol. The zero-order valence-corrected chi connectivity index (χ0v) is 13.2. The molecule has 7 heteroatoms. The Kier molecular flexibility index (Phi) is 3.81. The molecular weight excluding hydrogens is 319 g/mol. The van der Waals surface area contributed by atoms with Gasteiger partial charge in [-0.3, -0.25) is 9.10 Å². The number of rotatable bonds is 3. The third-order valence-electron chi connectivity index (χ3n) is 3.67. The fourth-order valence-corrected chi connectivity index (χ4v) is 4.40. The highest BCUT2D eigenvalue weighted by Crippen LogP contribution is 2.34. The molecule has 0 saturated heterocycles. The molecule has 1 aliphatic rings. The number of hydrogen-bond acceptors (Lipinski definition) is 3. The van der Waals surface area contributed by atoms with Crippen LogP contribution < -0.4 is 9.62 Å². The van der Waals surface area contributed by atoms with Crippen molar-refractivity contribution in [2.24, 2.45) is 0 Å². The Labute approximate surface area is 133 Å². The molecule has 0 aromatic heterocycles. The molecule has 2 aromatic carbocycles. The van der Waals surface area contributed by atoms with Gasteiger partial charge < -0.3 is 5.32 Å². The zero-order valence-electron chi connectivity index (χ0n) is 12.4. The van der Waals surface area contributed by atoms with Gasteiger partial charge in [0.05, 0.1) is 17.1 Å². The molecule has 2 aromatic rings. The van der Waals surface area contributed by atoms with Gasteiger partial charge in [-0.15, -0.1) is 0 Å². The first-order valence-corrected chi connectivity index (χ1v) is 8.66. The number of carbonyl (C=O) groups is 1. The Morgan fingerprint density at radius 1 is 1.17 bits per heavy atom. The smallest absolute Gasteiger partial charge is 0.248 e. The molecule has 0 saturated carbocycles. The van der Waals surface area contributed by atoms with Crippen LogP contribution in [0.4, 0.5) is 15.8 Å². The Balaban J connectivity index is 2.03. The lowest BCUT2D eigenvalue weighted by Crippen LogP contribution is -2.49. The number of anilines is 2. The van der Waals surface area contributed by atoms with Gasteiger partial charge in [-0.1, -0.05) is 24.3 Å². The maximum atomic E-state index is 13.3. The van der Waals surface area contributed by atoms with Gasteiger partial charge in [0.2, 0.25) is 15.9 Å². The molecule has 3 rings (SSSR count). The summed E-state index contributed by atoms with van der Waals surface area (Å²) in [5.74, 6) is -1.27. The van der Waals surface area contributed by atoms with Crippen molar-refractivity contribution in [1.82, 2.24) is 0 Å². The van der Waals surface area contributed by atoms with Gasteiger partial charge in [0.15, 0.2) is 0 Å². The second-order valence-corrected chi connectivity index (χ2v) is 7.21. The summed E-state index contributed by atoms with van der Waals surface area (Å²) in [5, 5.41) is 2.68. The highest BCUT2D eigenvalue weighted by Gasteiger charge is 2.37. The topological polar surface area (TPSA) is 66.5 Å². The molecule has 1 atom stereocenters. The summed E-state index contributed by atoms with van der Waals surface area (Å²) >= 11 is 0. The van der Waals surface area contributed by atoms with Crippen molar-refractivity contribution in [3.63, 3.8) is 0 Å². The van der Waals surface area contributed by atoms with E-state index in [2.05, 4.69) is 5.32 Å². The molecule has 0 spiro atoms. The number of para-hydroxylation sites is 2. The van der Waals surface area contributed by atoms with Crippen LogP contribution in [0.25, 0.3) is 0 Å². The van der Waals surface area contributed by atoms with Crippen molar-refractivity contribution < 1.29 is 17.6 Å². The number of nitrogens with zero attached hydrogens (tertiary/aromatic N) is 1. The van der Waals surface area contributed by atoms with E-state index in [1.54, 1.807) is 30.3 Å². The molecule has 1 aliphatic heterocycles. The highest BCUT2D eigenvalue weighted by molar-refractivity contribution is 7.92. The summed E-state index contributed by atoms with van der Waals surface area (Å²) in [6, 6.07) is 11.3. The first-order chi connectivity index (χ1) is 10.9. The van der Waals surface area contributed by atoms with Gasteiger partial charge in [0.1, 0.15) is 11.9 Å². The summed E-state index contributed by atoms with van der Waals surface area (Å²) in [6.45, 7) is 1.52. The van der Waals surface area contributed by atoms with E-state index in [1.165, 1.54) is 25.1 Å². The van der Waals surface area contributed by atoms with Crippen LogP contribution in [0.5, 0.6) is 0 Å². The second kappa shape index (κ2) is 5.66. The van der Waals surface area contributed by atoms with Crippen LogP contribution in [0.15, 0.2) is 48.5 Å². The van der Waals surface area contributed by atoms with Crippen LogP contribution in [0.2, 0.25) is 0 Å². The van der Waals surface area contributed by atoms with E-state index < -0.39 is 27.8 Å². The van der Waals surface area contributed by atoms with E-state index in [0.717, 1.165) is 4.31 Å². The fourth-order valence-electron chi connectivity index (χ4n) is 2.62. The predicted octanol–water partition coefficient (Wildman–Crippen LogP) is 2.50. The second-order valence-electron chi connectivity index (χ2n) is 5.36. The maximum absolute atomic E-state index is 13.3. The van der Waals surface area contributed by atoms with Crippen LogP contribution >= 0.6 is 0 Å². The van der Waals surface area contributed by atoms with Crippen molar-refractivity contribution in [3.05, 3.63) is 59.9 Å². The first-order valence-electron chi connectivity index (χ1n) is 7.05.